The van der Waals surface area contributed by atoms with E-state index in [1.54, 1.807) is 7.11 Å². The maximum Gasteiger partial charge on any atom is 0.137 e. The van der Waals surface area contributed by atoms with Crippen molar-refractivity contribution in [3.05, 3.63) is 54.6 Å². The molecule has 1 N–H and O–H groups in total. The molecule has 154 valence electrons. The average Bonchev–Trinajstić information content (AvgIpc) is 3.12. The van der Waals surface area contributed by atoms with Crippen LogP contribution in [0.1, 0.15) is 51.0 Å². The summed E-state index contributed by atoms with van der Waals surface area (Å²) in [5.74, 6) is 1.05. The van der Waals surface area contributed by atoms with Gasteiger partial charge in [0.15, 0.2) is 0 Å². The van der Waals surface area contributed by atoms with Gasteiger partial charge in [0.05, 0.1) is 13.2 Å². The molecule has 7 atom stereocenters. The third-order valence-electron chi connectivity index (χ3n) is 9.24. The van der Waals surface area contributed by atoms with E-state index in [1.807, 2.05) is 18.2 Å². The second-order valence-electron chi connectivity index (χ2n) is 9.96. The third kappa shape index (κ3) is 2.10. The second kappa shape index (κ2) is 6.31. The van der Waals surface area contributed by atoms with E-state index in [0.717, 1.165) is 18.6 Å². The van der Waals surface area contributed by atoms with E-state index in [-0.39, 0.29) is 34.0 Å². The molecular weight excluding hydrogens is 360 g/mol. The Hall–Kier alpha value is -1.87. The Kier molecular flexibility index (Phi) is 4.16. The second-order valence-corrected chi connectivity index (χ2v) is 9.96. The zero-order valence-electron chi connectivity index (χ0n) is 17.6. The van der Waals surface area contributed by atoms with Crippen molar-refractivity contribution in [2.24, 2.45) is 28.6 Å². The van der Waals surface area contributed by atoms with Crippen molar-refractivity contribution in [2.75, 3.05) is 7.11 Å². The SMILES string of the molecule is C=CC[C@H]1CC(=O)[C@H]2[C@@H]([C@@H]1O)[C@@]1(c3ccc(OC)cc3)C=C[C@@]23CCCC[C@]13C. The summed E-state index contributed by atoms with van der Waals surface area (Å²) in [4.78, 5) is 13.6. The van der Waals surface area contributed by atoms with Crippen LogP contribution in [0.5, 0.6) is 5.75 Å². The fourth-order valence-corrected chi connectivity index (χ4v) is 8.06. The molecule has 3 heteroatoms. The van der Waals surface area contributed by atoms with Gasteiger partial charge in [0.25, 0.3) is 0 Å². The van der Waals surface area contributed by atoms with Crippen LogP contribution in [0.3, 0.4) is 0 Å². The van der Waals surface area contributed by atoms with Crippen LogP contribution in [-0.2, 0) is 10.2 Å². The molecule has 4 aliphatic rings. The predicted octanol–water partition coefficient (Wildman–Crippen LogP) is 4.84. The molecule has 0 radical (unpaired) electrons. The van der Waals surface area contributed by atoms with Crippen LogP contribution in [0.2, 0.25) is 0 Å². The molecule has 1 aromatic carbocycles. The standard InChI is InChI=1S/C26H32O3/c1-4-7-17-16-20(27)21-22(23(17)28)26(18-8-10-19(29-3)11-9-18)15-14-25(21)13-6-5-12-24(25,26)2/h4,8-11,14-15,17,21-23,28H,1,5-7,12-13,16H2,2-3H3/t17-,21-,22-,23+,24-,25-,26-/m0/s1. The lowest BCUT2D eigenvalue weighted by atomic mass is 9.52. The summed E-state index contributed by atoms with van der Waals surface area (Å²) in [6, 6.07) is 8.37. The van der Waals surface area contributed by atoms with Crippen LogP contribution >= 0.6 is 0 Å². The Balaban J connectivity index is 1.73. The number of allylic oxidation sites excluding steroid dienone is 3. The van der Waals surface area contributed by atoms with Crippen molar-refractivity contribution >= 4 is 5.78 Å². The maximum atomic E-state index is 13.6. The van der Waals surface area contributed by atoms with Crippen LogP contribution in [0.25, 0.3) is 0 Å². The molecule has 0 aliphatic heterocycles. The molecule has 5 rings (SSSR count). The van der Waals surface area contributed by atoms with Gasteiger partial charge in [-0.25, -0.2) is 0 Å². The normalized spacial score (nSPS) is 45.0. The number of hydrogen-bond donors (Lipinski definition) is 1. The lowest BCUT2D eigenvalue weighted by Gasteiger charge is -2.50. The van der Waals surface area contributed by atoms with E-state index in [1.165, 1.54) is 18.4 Å². The number of aliphatic hydroxyl groups excluding tert-OH is 1. The van der Waals surface area contributed by atoms with Gasteiger partial charge in [0.1, 0.15) is 11.5 Å². The van der Waals surface area contributed by atoms with Crippen LogP contribution in [-0.4, -0.2) is 24.1 Å². The van der Waals surface area contributed by atoms with Crippen LogP contribution < -0.4 is 4.74 Å². The quantitative estimate of drug-likeness (QED) is 0.746. The summed E-state index contributed by atoms with van der Waals surface area (Å²) >= 11 is 0. The summed E-state index contributed by atoms with van der Waals surface area (Å²) in [5, 5.41) is 11.6. The van der Waals surface area contributed by atoms with Gasteiger partial charge in [0, 0.05) is 29.1 Å². The summed E-state index contributed by atoms with van der Waals surface area (Å²) in [5.41, 5.74) is 0.758. The number of aliphatic hydroxyl groups is 1. The molecule has 0 amide bonds. The first-order chi connectivity index (χ1) is 13.9. The predicted molar refractivity (Wildman–Crippen MR) is 114 cm³/mol. The highest BCUT2D eigenvalue weighted by molar-refractivity contribution is 5.86. The highest BCUT2D eigenvalue weighted by Gasteiger charge is 2.78. The largest absolute Gasteiger partial charge is 0.497 e. The number of hydrogen-bond acceptors (Lipinski definition) is 3. The van der Waals surface area contributed by atoms with Gasteiger partial charge in [-0.05, 0) is 48.3 Å². The number of Topliss-reactive ketones (excluding diaryl/α,β-unsaturated/α-hetero) is 1. The minimum Gasteiger partial charge on any atom is -0.497 e. The third-order valence-corrected chi connectivity index (χ3v) is 9.24. The Bertz CT molecular complexity index is 870. The van der Waals surface area contributed by atoms with E-state index >= 15 is 0 Å². The van der Waals surface area contributed by atoms with Crippen molar-refractivity contribution in [1.29, 1.82) is 0 Å². The maximum absolute atomic E-state index is 13.6. The zero-order chi connectivity index (χ0) is 20.4. The Morgan fingerprint density at radius 2 is 1.93 bits per heavy atom. The van der Waals surface area contributed by atoms with Gasteiger partial charge in [-0.15, -0.1) is 6.58 Å². The van der Waals surface area contributed by atoms with Gasteiger partial charge in [0.2, 0.25) is 0 Å². The fraction of sp³-hybridized carbons (Fsp3) is 0.577. The van der Waals surface area contributed by atoms with E-state index in [0.29, 0.717) is 18.6 Å². The topological polar surface area (TPSA) is 46.5 Å². The van der Waals surface area contributed by atoms with Gasteiger partial charge in [-0.2, -0.15) is 0 Å². The molecule has 0 spiro atoms. The number of ether oxygens (including phenoxy) is 1. The zero-order valence-corrected chi connectivity index (χ0v) is 17.6. The minimum absolute atomic E-state index is 0.0221. The van der Waals surface area contributed by atoms with Crippen molar-refractivity contribution in [1.82, 2.24) is 0 Å². The van der Waals surface area contributed by atoms with E-state index in [2.05, 4.69) is 37.8 Å². The number of methoxy groups -OCH3 is 1. The molecule has 4 aliphatic carbocycles. The lowest BCUT2D eigenvalue weighted by molar-refractivity contribution is -0.140. The molecule has 1 aromatic rings. The average molecular weight is 393 g/mol. The molecule has 3 nitrogen and oxygen atoms in total. The minimum atomic E-state index is -0.484. The van der Waals surface area contributed by atoms with E-state index < -0.39 is 6.10 Å². The molecule has 0 saturated heterocycles. The van der Waals surface area contributed by atoms with Crippen LogP contribution in [0.15, 0.2) is 49.1 Å². The first-order valence-electron chi connectivity index (χ1n) is 11.1. The summed E-state index contributed by atoms with van der Waals surface area (Å²) in [7, 11) is 1.69. The number of carbonyl (C=O) groups is 1. The van der Waals surface area contributed by atoms with Crippen molar-refractivity contribution in [3.63, 3.8) is 0 Å². The molecule has 0 unspecified atom stereocenters. The number of fused-ring (bicyclic) bond motifs is 2. The summed E-state index contributed by atoms with van der Waals surface area (Å²) < 4.78 is 5.40. The molecule has 29 heavy (non-hydrogen) atoms. The number of rotatable bonds is 4. The molecule has 3 fully saturated rings. The molecule has 0 heterocycles. The molecular formula is C26H32O3. The lowest BCUT2D eigenvalue weighted by Crippen LogP contribution is -2.52. The smallest absolute Gasteiger partial charge is 0.137 e. The number of benzene rings is 1. The highest BCUT2D eigenvalue weighted by atomic mass is 16.5. The van der Waals surface area contributed by atoms with Crippen molar-refractivity contribution in [3.8, 4) is 5.75 Å². The van der Waals surface area contributed by atoms with Crippen LogP contribution in [0.4, 0.5) is 0 Å². The Morgan fingerprint density at radius 1 is 1.21 bits per heavy atom. The first-order valence-corrected chi connectivity index (χ1v) is 11.1. The number of carbonyl (C=O) groups excluding carboxylic acids is 1. The van der Waals surface area contributed by atoms with Gasteiger partial charge >= 0.3 is 0 Å². The van der Waals surface area contributed by atoms with Gasteiger partial charge in [-0.3, -0.25) is 4.79 Å². The van der Waals surface area contributed by atoms with Gasteiger partial charge < -0.3 is 9.84 Å². The molecule has 2 bridgehead atoms. The summed E-state index contributed by atoms with van der Waals surface area (Å²) in [6.07, 6.45) is 11.8. The van der Waals surface area contributed by atoms with E-state index in [9.17, 15) is 9.90 Å². The van der Waals surface area contributed by atoms with Gasteiger partial charge in [-0.1, -0.05) is 50.1 Å². The molecule has 0 aromatic heterocycles. The Morgan fingerprint density at radius 3 is 2.62 bits per heavy atom. The van der Waals surface area contributed by atoms with E-state index in [4.69, 9.17) is 4.74 Å². The molecule has 3 saturated carbocycles. The highest BCUT2D eigenvalue weighted by Crippen LogP contribution is 2.79. The first kappa shape index (κ1) is 19.1. The monoisotopic (exact) mass is 392 g/mol. The Labute approximate surface area is 173 Å². The van der Waals surface area contributed by atoms with Crippen LogP contribution in [0, 0.1) is 28.6 Å². The van der Waals surface area contributed by atoms with Crippen molar-refractivity contribution < 1.29 is 14.6 Å². The summed E-state index contributed by atoms with van der Waals surface area (Å²) in [6.45, 7) is 6.28. The van der Waals surface area contributed by atoms with Crippen molar-refractivity contribution in [2.45, 2.75) is 57.0 Å². The number of ketones is 1. The fourth-order valence-electron chi connectivity index (χ4n) is 8.06.